The van der Waals surface area contributed by atoms with E-state index >= 15 is 0 Å². The number of rotatable bonds is 2. The van der Waals surface area contributed by atoms with Crippen molar-refractivity contribution in [2.75, 3.05) is 0 Å². The molecule has 4 nitrogen and oxygen atoms in total. The number of fused-ring (bicyclic) bond motifs is 2. The van der Waals surface area contributed by atoms with E-state index in [-0.39, 0.29) is 17.9 Å². The first kappa shape index (κ1) is 13.9. The molecule has 1 heterocycles. The van der Waals surface area contributed by atoms with Crippen molar-refractivity contribution in [2.45, 2.75) is 77.4 Å². The zero-order chi connectivity index (χ0) is 14.6. The number of nitrogens with one attached hydrogen (secondary N) is 1. The van der Waals surface area contributed by atoms with Gasteiger partial charge in [-0.2, -0.15) is 0 Å². The molecule has 0 aromatic heterocycles. The van der Waals surface area contributed by atoms with Crippen molar-refractivity contribution in [3.63, 3.8) is 0 Å². The molecule has 2 aliphatic carbocycles. The molecule has 1 N–H and O–H groups in total. The molecule has 0 unspecified atom stereocenters. The fourth-order valence-electron chi connectivity index (χ4n) is 4.30. The summed E-state index contributed by atoms with van der Waals surface area (Å²) in [6, 6.07) is 0.257. The molecule has 0 spiro atoms. The van der Waals surface area contributed by atoms with Crippen LogP contribution in [0, 0.1) is 10.8 Å². The molecule has 3 rings (SSSR count). The van der Waals surface area contributed by atoms with E-state index < -0.39 is 16.4 Å². The first-order chi connectivity index (χ1) is 9.33. The second kappa shape index (κ2) is 4.22. The van der Waals surface area contributed by atoms with Crippen molar-refractivity contribution in [1.29, 1.82) is 0 Å². The average molecular weight is 279 g/mol. The number of ether oxygens (including phenoxy) is 1. The lowest BCUT2D eigenvalue weighted by Gasteiger charge is -2.37. The lowest BCUT2D eigenvalue weighted by molar-refractivity contribution is -0.168. The highest BCUT2D eigenvalue weighted by atomic mass is 16.6. The molecule has 2 atom stereocenters. The molecule has 2 bridgehead atoms. The van der Waals surface area contributed by atoms with E-state index in [1.165, 1.54) is 19.3 Å². The fourth-order valence-corrected chi connectivity index (χ4v) is 4.30. The first-order valence-electron chi connectivity index (χ1n) is 7.88. The van der Waals surface area contributed by atoms with Gasteiger partial charge in [-0.25, -0.2) is 0 Å². The van der Waals surface area contributed by atoms with Crippen molar-refractivity contribution in [2.24, 2.45) is 10.8 Å². The summed E-state index contributed by atoms with van der Waals surface area (Å²) in [6.45, 7) is 5.95. The summed E-state index contributed by atoms with van der Waals surface area (Å²) in [5.74, 6) is -0.267. The van der Waals surface area contributed by atoms with Crippen molar-refractivity contribution in [3.8, 4) is 0 Å². The van der Waals surface area contributed by atoms with Gasteiger partial charge in [0.2, 0.25) is 0 Å². The fraction of sp³-hybridized carbons (Fsp3) is 0.875. The zero-order valence-electron chi connectivity index (χ0n) is 12.8. The maximum atomic E-state index is 12.8. The summed E-state index contributed by atoms with van der Waals surface area (Å²) in [6.07, 6.45) is 7.12. The molecule has 2 saturated carbocycles. The minimum Gasteiger partial charge on any atom is -0.448 e. The maximum Gasteiger partial charge on any atom is 0.313 e. The molecule has 4 heteroatoms. The van der Waals surface area contributed by atoms with E-state index in [1.54, 1.807) is 0 Å². The number of carbonyl (C=O) groups is 2. The highest BCUT2D eigenvalue weighted by Crippen LogP contribution is 2.65. The topological polar surface area (TPSA) is 55.4 Å². The van der Waals surface area contributed by atoms with Gasteiger partial charge in [0, 0.05) is 11.5 Å². The summed E-state index contributed by atoms with van der Waals surface area (Å²) in [5.41, 5.74) is -1.90. The molecule has 20 heavy (non-hydrogen) atoms. The lowest BCUT2D eigenvalue weighted by Crippen LogP contribution is -2.55. The van der Waals surface area contributed by atoms with Gasteiger partial charge in [-0.3, -0.25) is 9.59 Å². The van der Waals surface area contributed by atoms with Gasteiger partial charge in [0.15, 0.2) is 5.60 Å². The molecule has 1 amide bonds. The van der Waals surface area contributed by atoms with Crippen LogP contribution in [0.4, 0.5) is 0 Å². The molecule has 3 aliphatic rings. The van der Waals surface area contributed by atoms with Gasteiger partial charge >= 0.3 is 5.97 Å². The second-order valence-corrected chi connectivity index (χ2v) is 7.48. The number of carbonyl (C=O) groups excluding carboxylic acids is 2. The van der Waals surface area contributed by atoms with E-state index in [0.29, 0.717) is 6.42 Å². The van der Waals surface area contributed by atoms with Gasteiger partial charge in [-0.05, 0) is 32.6 Å². The van der Waals surface area contributed by atoms with Gasteiger partial charge in [0.05, 0.1) is 5.41 Å². The van der Waals surface area contributed by atoms with E-state index in [2.05, 4.69) is 5.32 Å². The second-order valence-electron chi connectivity index (χ2n) is 7.48. The zero-order valence-corrected chi connectivity index (χ0v) is 12.8. The van der Waals surface area contributed by atoms with Crippen molar-refractivity contribution in [3.05, 3.63) is 0 Å². The lowest BCUT2D eigenvalue weighted by atomic mass is 9.66. The molecule has 3 fully saturated rings. The third-order valence-electron chi connectivity index (χ3n) is 6.39. The average Bonchev–Trinajstić information content (AvgIpc) is 2.70. The molecular formula is C16H25NO3. The summed E-state index contributed by atoms with van der Waals surface area (Å²) in [5, 5.41) is 3.16. The monoisotopic (exact) mass is 279 g/mol. The number of amides is 1. The number of esters is 1. The molecule has 0 aromatic carbocycles. The van der Waals surface area contributed by atoms with Crippen LogP contribution < -0.4 is 5.32 Å². The van der Waals surface area contributed by atoms with Crippen LogP contribution in [0.3, 0.4) is 0 Å². The van der Waals surface area contributed by atoms with Crippen LogP contribution in [0.25, 0.3) is 0 Å². The Morgan fingerprint density at radius 3 is 2.30 bits per heavy atom. The van der Waals surface area contributed by atoms with Crippen LogP contribution in [0.15, 0.2) is 0 Å². The van der Waals surface area contributed by atoms with Gasteiger partial charge in [-0.1, -0.05) is 33.1 Å². The minimum absolute atomic E-state index is 0.0658. The minimum atomic E-state index is -0.948. The van der Waals surface area contributed by atoms with Gasteiger partial charge in [0.25, 0.3) is 5.91 Å². The summed E-state index contributed by atoms with van der Waals surface area (Å²) >= 11 is 0. The quantitative estimate of drug-likeness (QED) is 0.790. The van der Waals surface area contributed by atoms with Crippen LogP contribution in [0.1, 0.15) is 65.7 Å². The Morgan fingerprint density at radius 2 is 1.80 bits per heavy atom. The predicted molar refractivity (Wildman–Crippen MR) is 75.0 cm³/mol. The Balaban J connectivity index is 1.82. The molecule has 0 radical (unpaired) electrons. The Morgan fingerprint density at radius 1 is 1.15 bits per heavy atom. The Kier molecular flexibility index (Phi) is 2.93. The van der Waals surface area contributed by atoms with Crippen molar-refractivity contribution < 1.29 is 14.3 Å². The van der Waals surface area contributed by atoms with Gasteiger partial charge < -0.3 is 10.1 Å². The largest absolute Gasteiger partial charge is 0.448 e. The molecular weight excluding hydrogens is 254 g/mol. The van der Waals surface area contributed by atoms with Crippen molar-refractivity contribution in [1.82, 2.24) is 5.32 Å². The van der Waals surface area contributed by atoms with E-state index in [1.807, 2.05) is 20.8 Å². The van der Waals surface area contributed by atoms with Crippen LogP contribution in [0.5, 0.6) is 0 Å². The Bertz CT molecular complexity index is 453. The normalized spacial score (nSPS) is 39.6. The maximum absolute atomic E-state index is 12.8. The first-order valence-corrected chi connectivity index (χ1v) is 7.88. The van der Waals surface area contributed by atoms with E-state index in [4.69, 9.17) is 4.74 Å². The standard InChI is InChI=1S/C16H25NO3/c1-14(2)15(3)9-10-16(14,20-13(15)19)12(18)17-11-7-5-4-6-8-11/h11H,4-10H2,1-3H3,(H,17,18)/t15-,16-/m1/s1. The van der Waals surface area contributed by atoms with Gasteiger partial charge in [0.1, 0.15) is 0 Å². The molecule has 1 aliphatic heterocycles. The predicted octanol–water partition coefficient (Wildman–Crippen LogP) is 2.56. The third kappa shape index (κ3) is 1.54. The summed E-state index contributed by atoms with van der Waals surface area (Å²) < 4.78 is 5.62. The van der Waals surface area contributed by atoms with Crippen LogP contribution in [-0.2, 0) is 14.3 Å². The number of hydrogen-bond donors (Lipinski definition) is 1. The molecule has 1 saturated heterocycles. The Hall–Kier alpha value is -1.06. The number of hydrogen-bond acceptors (Lipinski definition) is 3. The summed E-state index contributed by atoms with van der Waals surface area (Å²) in [7, 11) is 0. The van der Waals surface area contributed by atoms with Crippen LogP contribution in [0.2, 0.25) is 0 Å². The SMILES string of the molecule is CC1(C)[C@]2(C)CC[C@]1(C(=O)NC1CCCCC1)OC2=O. The van der Waals surface area contributed by atoms with E-state index in [0.717, 1.165) is 19.3 Å². The van der Waals surface area contributed by atoms with Crippen molar-refractivity contribution >= 4 is 11.9 Å². The summed E-state index contributed by atoms with van der Waals surface area (Å²) in [4.78, 5) is 25.0. The van der Waals surface area contributed by atoms with Crippen LogP contribution in [-0.4, -0.2) is 23.5 Å². The highest BCUT2D eigenvalue weighted by molar-refractivity contribution is 5.96. The highest BCUT2D eigenvalue weighted by Gasteiger charge is 2.75. The van der Waals surface area contributed by atoms with Crippen LogP contribution >= 0.6 is 0 Å². The smallest absolute Gasteiger partial charge is 0.313 e. The molecule has 112 valence electrons. The van der Waals surface area contributed by atoms with E-state index in [9.17, 15) is 9.59 Å². The third-order valence-corrected chi connectivity index (χ3v) is 6.39. The molecule has 0 aromatic rings. The Labute approximate surface area is 120 Å². The van der Waals surface area contributed by atoms with Gasteiger partial charge in [-0.15, -0.1) is 0 Å².